The zero-order valence-corrected chi connectivity index (χ0v) is 11.6. The van der Waals surface area contributed by atoms with Gasteiger partial charge in [-0.1, -0.05) is 12.1 Å². The number of nitrogens with zero attached hydrogens (tertiary/aromatic N) is 1. The fraction of sp³-hybridized carbons (Fsp3) is 0.200. The maximum atomic E-state index is 10.6. The Kier molecular flexibility index (Phi) is 4.88. The minimum Gasteiger partial charge on any atom is -0.481 e. The molecule has 0 saturated heterocycles. The first-order valence-electron chi connectivity index (χ1n) is 6.16. The monoisotopic (exact) mass is 286 g/mol. The van der Waals surface area contributed by atoms with Gasteiger partial charge in [0.15, 0.2) is 0 Å². The molecule has 0 amide bonds. The predicted octanol–water partition coefficient (Wildman–Crippen LogP) is 2.54. The minimum absolute atomic E-state index is 0.0783. The summed E-state index contributed by atoms with van der Waals surface area (Å²) in [4.78, 5) is 12.6. The van der Waals surface area contributed by atoms with Crippen molar-refractivity contribution in [3.8, 4) is 6.07 Å². The Bertz CT molecular complexity index is 643. The van der Waals surface area contributed by atoms with Crippen LogP contribution in [0.4, 0.5) is 0 Å². The third-order valence-corrected chi connectivity index (χ3v) is 3.81. The van der Waals surface area contributed by atoms with E-state index in [1.54, 1.807) is 6.07 Å². The van der Waals surface area contributed by atoms with Crippen molar-refractivity contribution < 1.29 is 9.90 Å². The van der Waals surface area contributed by atoms with Gasteiger partial charge >= 0.3 is 5.97 Å². The van der Waals surface area contributed by atoms with Crippen molar-refractivity contribution in [2.45, 2.75) is 19.5 Å². The Balaban J connectivity index is 1.85. The van der Waals surface area contributed by atoms with E-state index in [-0.39, 0.29) is 6.42 Å². The molecule has 2 rings (SSSR count). The number of nitriles is 1. The van der Waals surface area contributed by atoms with Gasteiger partial charge in [0.25, 0.3) is 0 Å². The van der Waals surface area contributed by atoms with Gasteiger partial charge in [0.2, 0.25) is 0 Å². The third kappa shape index (κ3) is 4.19. The van der Waals surface area contributed by atoms with E-state index in [1.807, 2.05) is 30.3 Å². The quantitative estimate of drug-likeness (QED) is 0.856. The molecule has 2 N–H and O–H groups in total. The Hall–Kier alpha value is -2.16. The molecule has 0 saturated carbocycles. The van der Waals surface area contributed by atoms with Gasteiger partial charge in [-0.05, 0) is 29.8 Å². The molecule has 0 bridgehead atoms. The molecule has 2 aromatic rings. The molecular formula is C15H14N2O2S. The highest BCUT2D eigenvalue weighted by Crippen LogP contribution is 2.17. The number of carboxylic acid groups (broad SMARTS) is 1. The van der Waals surface area contributed by atoms with Crippen LogP contribution in [0.1, 0.15) is 20.9 Å². The molecular weight excluding hydrogens is 272 g/mol. The number of carboxylic acids is 1. The van der Waals surface area contributed by atoms with Crippen LogP contribution >= 0.6 is 11.3 Å². The summed E-state index contributed by atoms with van der Waals surface area (Å²) in [6, 6.07) is 13.4. The predicted molar refractivity (Wildman–Crippen MR) is 77.4 cm³/mol. The summed E-state index contributed by atoms with van der Waals surface area (Å²) in [6.45, 7) is 1.38. The van der Waals surface area contributed by atoms with Crippen LogP contribution in [0.15, 0.2) is 36.4 Å². The fourth-order valence-electron chi connectivity index (χ4n) is 1.84. The lowest BCUT2D eigenvalue weighted by Crippen LogP contribution is -2.11. The highest BCUT2D eigenvalue weighted by molar-refractivity contribution is 7.12. The summed E-state index contributed by atoms with van der Waals surface area (Å²) < 4.78 is 0. The zero-order valence-electron chi connectivity index (χ0n) is 10.8. The number of aliphatic carboxylic acids is 1. The van der Waals surface area contributed by atoms with Gasteiger partial charge in [0.1, 0.15) is 0 Å². The normalized spacial score (nSPS) is 10.2. The van der Waals surface area contributed by atoms with Crippen LogP contribution < -0.4 is 5.32 Å². The van der Waals surface area contributed by atoms with Gasteiger partial charge in [0.05, 0.1) is 18.1 Å². The number of nitrogens with one attached hydrogen (secondary N) is 1. The van der Waals surface area contributed by atoms with E-state index in [9.17, 15) is 4.79 Å². The SMILES string of the molecule is N#Cc1cccc(CNCc2ccc(CC(=O)O)s2)c1. The van der Waals surface area contributed by atoms with Crippen LogP contribution in [0.25, 0.3) is 0 Å². The van der Waals surface area contributed by atoms with Crippen molar-refractivity contribution in [1.82, 2.24) is 5.32 Å². The highest BCUT2D eigenvalue weighted by atomic mass is 32.1. The molecule has 0 fully saturated rings. The summed E-state index contributed by atoms with van der Waals surface area (Å²) >= 11 is 1.51. The summed E-state index contributed by atoms with van der Waals surface area (Å²) in [6.07, 6.45) is 0.0783. The van der Waals surface area contributed by atoms with Crippen molar-refractivity contribution in [3.63, 3.8) is 0 Å². The largest absolute Gasteiger partial charge is 0.481 e. The molecule has 1 heterocycles. The Morgan fingerprint density at radius 2 is 2.05 bits per heavy atom. The van der Waals surface area contributed by atoms with Crippen molar-refractivity contribution >= 4 is 17.3 Å². The third-order valence-electron chi connectivity index (χ3n) is 2.73. The Morgan fingerprint density at radius 1 is 1.25 bits per heavy atom. The van der Waals surface area contributed by atoms with Gasteiger partial charge in [-0.2, -0.15) is 5.26 Å². The van der Waals surface area contributed by atoms with Crippen LogP contribution in [-0.4, -0.2) is 11.1 Å². The van der Waals surface area contributed by atoms with Crippen LogP contribution in [0, 0.1) is 11.3 Å². The molecule has 4 nitrogen and oxygen atoms in total. The highest BCUT2D eigenvalue weighted by Gasteiger charge is 2.04. The average Bonchev–Trinajstić information content (AvgIpc) is 2.86. The number of thiophene rings is 1. The second kappa shape index (κ2) is 6.85. The Morgan fingerprint density at radius 3 is 2.80 bits per heavy atom. The average molecular weight is 286 g/mol. The second-order valence-electron chi connectivity index (χ2n) is 4.35. The van der Waals surface area contributed by atoms with Gasteiger partial charge in [-0.25, -0.2) is 0 Å². The summed E-state index contributed by atoms with van der Waals surface area (Å²) in [5.41, 5.74) is 1.72. The molecule has 0 radical (unpaired) electrons. The van der Waals surface area contributed by atoms with Crippen LogP contribution in [-0.2, 0) is 24.3 Å². The molecule has 20 heavy (non-hydrogen) atoms. The van der Waals surface area contributed by atoms with E-state index >= 15 is 0 Å². The molecule has 0 unspecified atom stereocenters. The smallest absolute Gasteiger partial charge is 0.308 e. The van der Waals surface area contributed by atoms with E-state index in [0.29, 0.717) is 18.7 Å². The lowest BCUT2D eigenvalue weighted by molar-refractivity contribution is -0.136. The van der Waals surface area contributed by atoms with Crippen LogP contribution in [0.3, 0.4) is 0 Å². The van der Waals surface area contributed by atoms with Crippen LogP contribution in [0.5, 0.6) is 0 Å². The molecule has 1 aromatic carbocycles. The molecule has 102 valence electrons. The van der Waals surface area contributed by atoms with Gasteiger partial charge in [-0.15, -0.1) is 11.3 Å². The standard InChI is InChI=1S/C15H14N2O2S/c16-8-11-2-1-3-12(6-11)9-17-10-14-5-4-13(20-14)7-15(18)19/h1-6,17H,7,9-10H2,(H,18,19). The first-order chi connectivity index (χ1) is 9.67. The van der Waals surface area contributed by atoms with E-state index < -0.39 is 5.97 Å². The molecule has 1 aromatic heterocycles. The number of hydrogen-bond acceptors (Lipinski definition) is 4. The maximum Gasteiger partial charge on any atom is 0.308 e. The number of rotatable bonds is 6. The number of benzene rings is 1. The molecule has 0 atom stereocenters. The van der Waals surface area contributed by atoms with Gasteiger partial charge in [0, 0.05) is 22.8 Å². The first kappa shape index (κ1) is 14.3. The van der Waals surface area contributed by atoms with Crippen molar-refractivity contribution in [1.29, 1.82) is 5.26 Å². The Labute approximate surface area is 121 Å². The first-order valence-corrected chi connectivity index (χ1v) is 6.98. The lowest BCUT2D eigenvalue weighted by Gasteiger charge is -2.03. The molecule has 5 heteroatoms. The molecule has 0 aliphatic rings. The van der Waals surface area contributed by atoms with E-state index in [4.69, 9.17) is 10.4 Å². The zero-order chi connectivity index (χ0) is 14.4. The van der Waals surface area contributed by atoms with E-state index in [1.165, 1.54) is 11.3 Å². The molecule has 0 aliphatic carbocycles. The number of carbonyl (C=O) groups is 1. The van der Waals surface area contributed by atoms with Crippen LogP contribution in [0.2, 0.25) is 0 Å². The minimum atomic E-state index is -0.806. The molecule has 0 aliphatic heterocycles. The topological polar surface area (TPSA) is 73.1 Å². The lowest BCUT2D eigenvalue weighted by atomic mass is 10.1. The molecule has 0 spiro atoms. The van der Waals surface area contributed by atoms with Gasteiger partial charge in [-0.3, -0.25) is 4.79 Å². The van der Waals surface area contributed by atoms with Crippen molar-refractivity contribution in [3.05, 3.63) is 57.3 Å². The van der Waals surface area contributed by atoms with E-state index in [0.717, 1.165) is 15.3 Å². The number of hydrogen-bond donors (Lipinski definition) is 2. The summed E-state index contributed by atoms with van der Waals surface area (Å²) in [5, 5.41) is 20.8. The van der Waals surface area contributed by atoms with Gasteiger partial charge < -0.3 is 10.4 Å². The second-order valence-corrected chi connectivity index (χ2v) is 5.61. The van der Waals surface area contributed by atoms with Crippen molar-refractivity contribution in [2.75, 3.05) is 0 Å². The van der Waals surface area contributed by atoms with E-state index in [2.05, 4.69) is 11.4 Å². The summed E-state index contributed by atoms with van der Waals surface area (Å²) in [5.74, 6) is -0.806. The summed E-state index contributed by atoms with van der Waals surface area (Å²) in [7, 11) is 0. The van der Waals surface area contributed by atoms with Crippen molar-refractivity contribution in [2.24, 2.45) is 0 Å². The maximum absolute atomic E-state index is 10.6. The fourth-order valence-corrected chi connectivity index (χ4v) is 2.82.